The number of nitrogens with zero attached hydrogens (tertiary/aromatic N) is 2. The van der Waals surface area contributed by atoms with Crippen molar-refractivity contribution in [3.8, 4) is 0 Å². The highest BCUT2D eigenvalue weighted by Crippen LogP contribution is 2.22. The second-order valence-corrected chi connectivity index (χ2v) is 5.63. The van der Waals surface area contributed by atoms with Gasteiger partial charge in [-0.2, -0.15) is 4.98 Å². The van der Waals surface area contributed by atoms with Crippen LogP contribution in [0.3, 0.4) is 0 Å². The quantitative estimate of drug-likeness (QED) is 0.853. The summed E-state index contributed by atoms with van der Waals surface area (Å²) in [6, 6.07) is 6.12. The van der Waals surface area contributed by atoms with Gasteiger partial charge in [0.05, 0.1) is 13.0 Å². The van der Waals surface area contributed by atoms with Gasteiger partial charge in [-0.3, -0.25) is 9.59 Å². The molecule has 2 N–H and O–H groups in total. The van der Waals surface area contributed by atoms with E-state index in [1.807, 2.05) is 0 Å². The fourth-order valence-electron chi connectivity index (χ4n) is 2.56. The topological polar surface area (TPSA) is 97.1 Å². The lowest BCUT2D eigenvalue weighted by molar-refractivity contribution is -0.123. The number of halogens is 1. The van der Waals surface area contributed by atoms with E-state index in [0.29, 0.717) is 24.4 Å². The molecule has 1 aromatic heterocycles. The number of nitrogens with one attached hydrogen (secondary N) is 2. The van der Waals surface area contributed by atoms with Crippen LogP contribution in [0.4, 0.5) is 4.39 Å². The second kappa shape index (κ2) is 7.20. The molecule has 3 rings (SSSR count). The molecule has 7 nitrogen and oxygen atoms in total. The minimum atomic E-state index is -0.414. The Balaban J connectivity index is 1.53. The highest BCUT2D eigenvalue weighted by atomic mass is 19.1. The van der Waals surface area contributed by atoms with Gasteiger partial charge in [-0.05, 0) is 18.1 Å². The highest BCUT2D eigenvalue weighted by Gasteiger charge is 2.25. The molecule has 0 saturated carbocycles. The van der Waals surface area contributed by atoms with Crippen LogP contribution in [0.1, 0.15) is 36.0 Å². The van der Waals surface area contributed by atoms with Crippen LogP contribution in [0, 0.1) is 5.82 Å². The Kier molecular flexibility index (Phi) is 4.83. The fourth-order valence-corrected chi connectivity index (χ4v) is 2.56. The lowest BCUT2D eigenvalue weighted by Crippen LogP contribution is -2.33. The molecule has 1 unspecified atom stereocenters. The van der Waals surface area contributed by atoms with E-state index >= 15 is 0 Å². The molecule has 0 aliphatic carbocycles. The van der Waals surface area contributed by atoms with Crippen LogP contribution in [0.2, 0.25) is 0 Å². The van der Waals surface area contributed by atoms with Gasteiger partial charge >= 0.3 is 0 Å². The Bertz CT molecular complexity index is 746. The van der Waals surface area contributed by atoms with Gasteiger partial charge in [-0.1, -0.05) is 23.4 Å². The van der Waals surface area contributed by atoms with Crippen molar-refractivity contribution in [3.63, 3.8) is 0 Å². The van der Waals surface area contributed by atoms with Gasteiger partial charge in [0.2, 0.25) is 17.7 Å². The average Bonchev–Trinajstić information content (AvgIpc) is 3.04. The molecule has 0 spiro atoms. The van der Waals surface area contributed by atoms with E-state index in [2.05, 4.69) is 20.8 Å². The average molecular weight is 332 g/mol. The molecule has 24 heavy (non-hydrogen) atoms. The molecule has 2 heterocycles. The van der Waals surface area contributed by atoms with Gasteiger partial charge < -0.3 is 15.2 Å². The third-order valence-electron chi connectivity index (χ3n) is 3.84. The summed E-state index contributed by atoms with van der Waals surface area (Å²) in [7, 11) is 0. The predicted octanol–water partition coefficient (Wildman–Crippen LogP) is 1.06. The highest BCUT2D eigenvalue weighted by molar-refractivity contribution is 5.78. The third kappa shape index (κ3) is 3.95. The first-order valence-corrected chi connectivity index (χ1v) is 7.71. The molecular weight excluding hydrogens is 315 g/mol. The first kappa shape index (κ1) is 16.1. The molecule has 2 aromatic rings. The maximum absolute atomic E-state index is 13.5. The zero-order valence-electron chi connectivity index (χ0n) is 12.9. The number of rotatable bonds is 5. The minimum absolute atomic E-state index is 0.0317. The second-order valence-electron chi connectivity index (χ2n) is 5.63. The van der Waals surface area contributed by atoms with Crippen molar-refractivity contribution in [2.75, 3.05) is 6.54 Å². The Morgan fingerprint density at radius 1 is 1.42 bits per heavy atom. The molecule has 1 aliphatic rings. The maximum atomic E-state index is 13.5. The Morgan fingerprint density at radius 2 is 2.25 bits per heavy atom. The smallest absolute Gasteiger partial charge is 0.246 e. The van der Waals surface area contributed by atoms with Crippen LogP contribution in [0.5, 0.6) is 0 Å². The molecule has 1 aliphatic heterocycles. The Hall–Kier alpha value is -2.77. The van der Waals surface area contributed by atoms with Crippen molar-refractivity contribution in [3.05, 3.63) is 47.4 Å². The van der Waals surface area contributed by atoms with E-state index in [4.69, 9.17) is 4.52 Å². The first-order chi connectivity index (χ1) is 11.6. The van der Waals surface area contributed by atoms with Gasteiger partial charge in [0, 0.05) is 18.9 Å². The predicted molar refractivity (Wildman–Crippen MR) is 81.2 cm³/mol. The number of hydrogen-bond donors (Lipinski definition) is 2. The summed E-state index contributed by atoms with van der Waals surface area (Å²) in [4.78, 5) is 27.5. The fraction of sp³-hybridized carbons (Fsp3) is 0.375. The van der Waals surface area contributed by atoms with E-state index in [0.717, 1.165) is 6.42 Å². The molecule has 0 radical (unpaired) electrons. The zero-order chi connectivity index (χ0) is 16.9. The number of carbonyl (C=O) groups is 2. The third-order valence-corrected chi connectivity index (χ3v) is 3.84. The molecule has 126 valence electrons. The van der Waals surface area contributed by atoms with Gasteiger partial charge in [-0.25, -0.2) is 4.39 Å². The van der Waals surface area contributed by atoms with E-state index in [9.17, 15) is 14.0 Å². The number of hydrogen-bond acceptors (Lipinski definition) is 5. The molecule has 1 saturated heterocycles. The number of benzene rings is 1. The molecule has 1 aromatic carbocycles. The monoisotopic (exact) mass is 332 g/mol. The lowest BCUT2D eigenvalue weighted by atomic mass is 9.97. The molecular formula is C16H17FN4O3. The molecule has 8 heteroatoms. The maximum Gasteiger partial charge on any atom is 0.246 e. The number of aromatic nitrogens is 2. The SMILES string of the molecule is O=C(Cc1ccccc1F)NCc1nc(C2CCNC(=O)C2)no1. The van der Waals surface area contributed by atoms with E-state index in [1.165, 1.54) is 6.07 Å². The summed E-state index contributed by atoms with van der Waals surface area (Å²) in [5.74, 6) is -0.109. The summed E-state index contributed by atoms with van der Waals surface area (Å²) in [6.45, 7) is 0.659. The summed E-state index contributed by atoms with van der Waals surface area (Å²) in [5, 5.41) is 9.24. The van der Waals surface area contributed by atoms with Crippen molar-refractivity contribution < 1.29 is 18.5 Å². The number of amides is 2. The van der Waals surface area contributed by atoms with Crippen molar-refractivity contribution >= 4 is 11.8 Å². The van der Waals surface area contributed by atoms with E-state index in [-0.39, 0.29) is 36.6 Å². The summed E-state index contributed by atoms with van der Waals surface area (Å²) < 4.78 is 18.6. The van der Waals surface area contributed by atoms with Crippen LogP contribution < -0.4 is 10.6 Å². The van der Waals surface area contributed by atoms with Crippen LogP contribution in [-0.4, -0.2) is 28.5 Å². The van der Waals surface area contributed by atoms with Crippen molar-refractivity contribution in [1.82, 2.24) is 20.8 Å². The largest absolute Gasteiger partial charge is 0.356 e. The van der Waals surface area contributed by atoms with Crippen molar-refractivity contribution in [2.45, 2.75) is 31.7 Å². The first-order valence-electron chi connectivity index (χ1n) is 7.71. The number of carbonyl (C=O) groups excluding carboxylic acids is 2. The molecule has 2 amide bonds. The van der Waals surface area contributed by atoms with Crippen molar-refractivity contribution in [2.24, 2.45) is 0 Å². The lowest BCUT2D eigenvalue weighted by Gasteiger charge is -2.18. The van der Waals surface area contributed by atoms with Gasteiger partial charge in [0.15, 0.2) is 5.82 Å². The summed E-state index contributed by atoms with van der Waals surface area (Å²) >= 11 is 0. The summed E-state index contributed by atoms with van der Waals surface area (Å²) in [6.07, 6.45) is 1.03. The normalized spacial score (nSPS) is 17.4. The standard InChI is InChI=1S/C16H17FN4O3/c17-12-4-2-1-3-10(12)7-14(23)19-9-15-20-16(21-24-15)11-5-6-18-13(22)8-11/h1-4,11H,5-9H2,(H,18,22)(H,19,23). The molecule has 1 fully saturated rings. The Morgan fingerprint density at radius 3 is 3.04 bits per heavy atom. The van der Waals surface area contributed by atoms with E-state index < -0.39 is 5.82 Å². The zero-order valence-corrected chi connectivity index (χ0v) is 12.9. The van der Waals surface area contributed by atoms with Gasteiger partial charge in [0.25, 0.3) is 0 Å². The van der Waals surface area contributed by atoms with Crippen LogP contribution >= 0.6 is 0 Å². The minimum Gasteiger partial charge on any atom is -0.356 e. The molecule has 0 bridgehead atoms. The van der Waals surface area contributed by atoms with Gasteiger partial charge in [0.1, 0.15) is 5.82 Å². The number of piperidine rings is 1. The molecule has 1 atom stereocenters. The Labute approximate surface area is 137 Å². The van der Waals surface area contributed by atoms with Gasteiger partial charge in [-0.15, -0.1) is 0 Å². The van der Waals surface area contributed by atoms with Crippen LogP contribution in [0.15, 0.2) is 28.8 Å². The van der Waals surface area contributed by atoms with Crippen LogP contribution in [-0.2, 0) is 22.6 Å². The summed E-state index contributed by atoms with van der Waals surface area (Å²) in [5.41, 5.74) is 0.328. The van der Waals surface area contributed by atoms with Crippen LogP contribution in [0.25, 0.3) is 0 Å². The van der Waals surface area contributed by atoms with Crippen molar-refractivity contribution in [1.29, 1.82) is 0 Å². The van der Waals surface area contributed by atoms with E-state index in [1.54, 1.807) is 18.2 Å².